The van der Waals surface area contributed by atoms with Crippen molar-refractivity contribution in [1.82, 2.24) is 14.8 Å². The second-order valence-corrected chi connectivity index (χ2v) is 6.95. The van der Waals surface area contributed by atoms with E-state index < -0.39 is 0 Å². The highest BCUT2D eigenvalue weighted by Gasteiger charge is 2.31. The molecule has 1 aromatic heterocycles. The molecule has 1 aliphatic carbocycles. The van der Waals surface area contributed by atoms with Gasteiger partial charge < -0.3 is 4.57 Å². The van der Waals surface area contributed by atoms with Crippen molar-refractivity contribution in [2.24, 2.45) is 0 Å². The Kier molecular flexibility index (Phi) is 4.22. The van der Waals surface area contributed by atoms with Crippen LogP contribution in [0.2, 0.25) is 5.02 Å². The molecule has 1 heterocycles. The Balaban J connectivity index is 1.78. The number of hydrogen-bond acceptors (Lipinski definition) is 3. The summed E-state index contributed by atoms with van der Waals surface area (Å²) in [4.78, 5) is 0. The molecule has 1 saturated carbocycles. The average molecular weight is 326 g/mol. The Morgan fingerprint density at radius 1 is 1.38 bits per heavy atom. The maximum Gasteiger partial charge on any atom is 0.191 e. The average Bonchev–Trinajstić information content (AvgIpc) is 3.18. The lowest BCUT2D eigenvalue weighted by molar-refractivity contribution is 0.526. The first-order valence-electron chi connectivity index (χ1n) is 7.07. The van der Waals surface area contributed by atoms with Gasteiger partial charge in [-0.3, -0.25) is 0 Å². The monoisotopic (exact) mass is 325 g/mol. The fourth-order valence-corrected chi connectivity index (χ4v) is 3.66. The summed E-state index contributed by atoms with van der Waals surface area (Å²) in [7, 11) is 0. The van der Waals surface area contributed by atoms with Crippen molar-refractivity contribution < 1.29 is 4.39 Å². The third kappa shape index (κ3) is 3.24. The number of nitrogens with zero attached hydrogens (tertiary/aromatic N) is 3. The van der Waals surface area contributed by atoms with Gasteiger partial charge in [-0.05, 0) is 44.4 Å². The van der Waals surface area contributed by atoms with E-state index in [1.54, 1.807) is 17.8 Å². The summed E-state index contributed by atoms with van der Waals surface area (Å²) in [6, 6.07) is 4.84. The maximum atomic E-state index is 13.1. The van der Waals surface area contributed by atoms with E-state index >= 15 is 0 Å². The number of rotatable bonds is 5. The minimum atomic E-state index is -0.310. The van der Waals surface area contributed by atoms with E-state index in [0.29, 0.717) is 22.7 Å². The summed E-state index contributed by atoms with van der Waals surface area (Å²) in [6.07, 6.45) is 2.42. The molecule has 1 aromatic carbocycles. The summed E-state index contributed by atoms with van der Waals surface area (Å²) in [5.41, 5.74) is 0.911. The van der Waals surface area contributed by atoms with Crippen LogP contribution in [-0.4, -0.2) is 14.8 Å². The van der Waals surface area contributed by atoms with Crippen molar-refractivity contribution in [2.75, 3.05) is 0 Å². The molecule has 0 radical (unpaired) electrons. The van der Waals surface area contributed by atoms with E-state index in [-0.39, 0.29) is 5.82 Å². The van der Waals surface area contributed by atoms with Gasteiger partial charge in [0.05, 0.1) is 0 Å². The molecule has 0 N–H and O–H groups in total. The molecule has 1 aliphatic rings. The highest BCUT2D eigenvalue weighted by molar-refractivity contribution is 7.98. The summed E-state index contributed by atoms with van der Waals surface area (Å²) >= 11 is 7.66. The van der Waals surface area contributed by atoms with Crippen LogP contribution in [0.1, 0.15) is 50.0 Å². The topological polar surface area (TPSA) is 30.7 Å². The number of thioether (sulfide) groups is 1. The van der Waals surface area contributed by atoms with Crippen LogP contribution in [0.25, 0.3) is 0 Å². The predicted molar refractivity (Wildman–Crippen MR) is 83.4 cm³/mol. The molecule has 0 amide bonds. The Morgan fingerprint density at radius 3 is 2.76 bits per heavy atom. The molecule has 0 atom stereocenters. The van der Waals surface area contributed by atoms with Crippen molar-refractivity contribution in [3.05, 3.63) is 40.4 Å². The van der Waals surface area contributed by atoms with Crippen LogP contribution in [-0.2, 0) is 5.75 Å². The third-order valence-corrected chi connectivity index (χ3v) is 4.87. The first kappa shape index (κ1) is 14.9. The number of benzene rings is 1. The normalized spacial score (nSPS) is 14.9. The zero-order chi connectivity index (χ0) is 15.0. The number of halogens is 2. The predicted octanol–water partition coefficient (Wildman–Crippen LogP) is 4.82. The fourth-order valence-electron chi connectivity index (χ4n) is 2.27. The van der Waals surface area contributed by atoms with Crippen molar-refractivity contribution >= 4 is 23.4 Å². The van der Waals surface area contributed by atoms with Crippen LogP contribution in [0.4, 0.5) is 4.39 Å². The van der Waals surface area contributed by atoms with Crippen molar-refractivity contribution in [3.63, 3.8) is 0 Å². The first-order chi connectivity index (χ1) is 10.1. The summed E-state index contributed by atoms with van der Waals surface area (Å²) in [6.45, 7) is 4.29. The minimum absolute atomic E-state index is 0.310. The van der Waals surface area contributed by atoms with Gasteiger partial charge in [-0.25, -0.2) is 4.39 Å². The standard InChI is InChI=1S/C15H17ClFN3S/c1-9(2)20-14(10-3-4-10)18-19-15(20)21-8-11-5-6-12(17)7-13(11)16/h5-7,9-10H,3-4,8H2,1-2H3. The molecule has 2 aromatic rings. The lowest BCUT2D eigenvalue weighted by Crippen LogP contribution is -2.07. The summed E-state index contributed by atoms with van der Waals surface area (Å²) < 4.78 is 15.3. The van der Waals surface area contributed by atoms with Crippen LogP contribution in [0.5, 0.6) is 0 Å². The van der Waals surface area contributed by atoms with Crippen LogP contribution in [0.3, 0.4) is 0 Å². The fraction of sp³-hybridized carbons (Fsp3) is 0.467. The van der Waals surface area contributed by atoms with E-state index in [9.17, 15) is 4.39 Å². The second-order valence-electron chi connectivity index (χ2n) is 5.60. The van der Waals surface area contributed by atoms with Gasteiger partial charge in [0.2, 0.25) is 0 Å². The molecular formula is C15H17ClFN3S. The van der Waals surface area contributed by atoms with Gasteiger partial charge in [-0.2, -0.15) is 0 Å². The van der Waals surface area contributed by atoms with Gasteiger partial charge in [-0.1, -0.05) is 29.4 Å². The highest BCUT2D eigenvalue weighted by Crippen LogP contribution is 2.41. The lowest BCUT2D eigenvalue weighted by atomic mass is 10.2. The maximum absolute atomic E-state index is 13.1. The molecule has 21 heavy (non-hydrogen) atoms. The zero-order valence-corrected chi connectivity index (χ0v) is 13.6. The smallest absolute Gasteiger partial charge is 0.191 e. The quantitative estimate of drug-likeness (QED) is 0.738. The van der Waals surface area contributed by atoms with Gasteiger partial charge in [0, 0.05) is 22.7 Å². The molecule has 0 unspecified atom stereocenters. The van der Waals surface area contributed by atoms with Crippen LogP contribution in [0.15, 0.2) is 23.4 Å². The summed E-state index contributed by atoms with van der Waals surface area (Å²) in [5, 5.41) is 10.0. The van der Waals surface area contributed by atoms with Crippen LogP contribution in [0, 0.1) is 5.82 Å². The van der Waals surface area contributed by atoms with E-state index in [1.807, 2.05) is 0 Å². The molecule has 3 rings (SSSR count). The van der Waals surface area contributed by atoms with E-state index in [1.165, 1.54) is 25.0 Å². The molecule has 1 fully saturated rings. The van der Waals surface area contributed by atoms with E-state index in [4.69, 9.17) is 11.6 Å². The molecular weight excluding hydrogens is 309 g/mol. The number of hydrogen-bond donors (Lipinski definition) is 0. The molecule has 0 bridgehead atoms. The Hall–Kier alpha value is -1.07. The summed E-state index contributed by atoms with van der Waals surface area (Å²) in [5.74, 6) is 2.02. The van der Waals surface area contributed by atoms with Crippen LogP contribution >= 0.6 is 23.4 Å². The van der Waals surface area contributed by atoms with Gasteiger partial charge in [0.1, 0.15) is 11.6 Å². The van der Waals surface area contributed by atoms with Gasteiger partial charge in [0.25, 0.3) is 0 Å². The molecule has 0 saturated heterocycles. The zero-order valence-electron chi connectivity index (χ0n) is 12.0. The van der Waals surface area contributed by atoms with E-state index in [2.05, 4.69) is 28.6 Å². The minimum Gasteiger partial charge on any atom is -0.303 e. The third-order valence-electron chi connectivity index (χ3n) is 3.52. The second kappa shape index (κ2) is 5.97. The van der Waals surface area contributed by atoms with Crippen LogP contribution < -0.4 is 0 Å². The van der Waals surface area contributed by atoms with Gasteiger partial charge in [-0.15, -0.1) is 10.2 Å². The van der Waals surface area contributed by atoms with Gasteiger partial charge >= 0.3 is 0 Å². The SMILES string of the molecule is CC(C)n1c(SCc2ccc(F)cc2Cl)nnc1C1CC1. The highest BCUT2D eigenvalue weighted by atomic mass is 35.5. The molecule has 6 heteroatoms. The Bertz CT molecular complexity index is 652. The van der Waals surface area contributed by atoms with E-state index in [0.717, 1.165) is 16.5 Å². The van der Waals surface area contributed by atoms with Crippen molar-refractivity contribution in [1.29, 1.82) is 0 Å². The van der Waals surface area contributed by atoms with Gasteiger partial charge in [0.15, 0.2) is 5.16 Å². The number of aromatic nitrogens is 3. The lowest BCUT2D eigenvalue weighted by Gasteiger charge is -2.13. The molecule has 112 valence electrons. The van der Waals surface area contributed by atoms with Crippen molar-refractivity contribution in [2.45, 2.75) is 49.6 Å². The molecule has 0 spiro atoms. The Labute approximate surface area is 132 Å². The molecule has 3 nitrogen and oxygen atoms in total. The molecule has 0 aliphatic heterocycles. The first-order valence-corrected chi connectivity index (χ1v) is 8.44. The largest absolute Gasteiger partial charge is 0.303 e. The Morgan fingerprint density at radius 2 is 2.14 bits per heavy atom. The van der Waals surface area contributed by atoms with Crippen molar-refractivity contribution in [3.8, 4) is 0 Å².